The molecule has 0 fully saturated rings. The zero-order chi connectivity index (χ0) is 17.1. The topological polar surface area (TPSA) is 48.3 Å². The van der Waals surface area contributed by atoms with Crippen molar-refractivity contribution in [2.75, 3.05) is 6.61 Å². The van der Waals surface area contributed by atoms with Crippen LogP contribution >= 0.6 is 0 Å². The van der Waals surface area contributed by atoms with Gasteiger partial charge in [-0.3, -0.25) is 9.36 Å². The summed E-state index contributed by atoms with van der Waals surface area (Å²) in [5, 5.41) is 0. The molecule has 0 radical (unpaired) electrons. The second-order valence-electron chi connectivity index (χ2n) is 5.25. The number of benzene rings is 1. The molecular weight excluding hydrogens is 297 g/mol. The van der Waals surface area contributed by atoms with Crippen LogP contribution in [0.15, 0.2) is 29.1 Å². The van der Waals surface area contributed by atoms with Crippen molar-refractivity contribution in [2.24, 2.45) is 0 Å². The maximum Gasteiger partial charge on any atom is 0.344 e. The number of carbonyl (C=O) groups excluding carboxylic acids is 1. The first kappa shape index (κ1) is 16.9. The van der Waals surface area contributed by atoms with E-state index in [9.17, 15) is 14.0 Å². The van der Waals surface area contributed by atoms with E-state index in [1.807, 2.05) is 13.8 Å². The monoisotopic (exact) mass is 317 g/mol. The summed E-state index contributed by atoms with van der Waals surface area (Å²) in [6.07, 6.45) is 0.672. The van der Waals surface area contributed by atoms with Crippen LogP contribution in [0.25, 0.3) is 5.69 Å². The minimum absolute atomic E-state index is 0.0404. The third-order valence-electron chi connectivity index (χ3n) is 3.93. The standard InChI is InChI=1S/C18H20FNO3/c1-5-15-11(3)16(18(22)23-6-2)17(21)20(12(15)4)14-9-7-13(19)8-10-14/h7-10H,5-6H2,1-4H3. The average molecular weight is 317 g/mol. The van der Waals surface area contributed by atoms with Crippen molar-refractivity contribution in [3.8, 4) is 5.69 Å². The van der Waals surface area contributed by atoms with Crippen LogP contribution in [0.3, 0.4) is 0 Å². The predicted octanol–water partition coefficient (Wildman–Crippen LogP) is 3.33. The van der Waals surface area contributed by atoms with Crippen molar-refractivity contribution >= 4 is 5.97 Å². The summed E-state index contributed by atoms with van der Waals surface area (Å²) in [6.45, 7) is 7.44. The summed E-state index contributed by atoms with van der Waals surface area (Å²) < 4.78 is 19.6. The molecule has 0 bridgehead atoms. The summed E-state index contributed by atoms with van der Waals surface area (Å²) >= 11 is 0. The molecule has 0 unspecified atom stereocenters. The molecule has 0 saturated heterocycles. The molecule has 0 aliphatic rings. The highest BCUT2D eigenvalue weighted by Gasteiger charge is 2.22. The van der Waals surface area contributed by atoms with Crippen molar-refractivity contribution in [3.63, 3.8) is 0 Å². The lowest BCUT2D eigenvalue weighted by atomic mass is 9.99. The molecule has 2 rings (SSSR count). The van der Waals surface area contributed by atoms with E-state index in [4.69, 9.17) is 4.74 Å². The Hall–Kier alpha value is -2.43. The fraction of sp³-hybridized carbons (Fsp3) is 0.333. The Labute approximate surface area is 134 Å². The molecule has 0 N–H and O–H groups in total. The van der Waals surface area contributed by atoms with Crippen LogP contribution < -0.4 is 5.56 Å². The lowest BCUT2D eigenvalue weighted by Crippen LogP contribution is -2.31. The van der Waals surface area contributed by atoms with E-state index < -0.39 is 11.5 Å². The minimum atomic E-state index is -0.624. The quantitative estimate of drug-likeness (QED) is 0.813. The zero-order valence-electron chi connectivity index (χ0n) is 13.8. The smallest absolute Gasteiger partial charge is 0.344 e. The number of carbonyl (C=O) groups is 1. The molecule has 5 heteroatoms. The van der Waals surface area contributed by atoms with Crippen molar-refractivity contribution in [1.82, 2.24) is 4.57 Å². The number of halogens is 1. The predicted molar refractivity (Wildman–Crippen MR) is 86.8 cm³/mol. The van der Waals surface area contributed by atoms with Gasteiger partial charge in [0.2, 0.25) is 0 Å². The first-order valence-corrected chi connectivity index (χ1v) is 7.60. The molecule has 0 aliphatic carbocycles. The Morgan fingerprint density at radius 1 is 1.17 bits per heavy atom. The van der Waals surface area contributed by atoms with E-state index in [2.05, 4.69) is 0 Å². The van der Waals surface area contributed by atoms with Crippen LogP contribution in [0.5, 0.6) is 0 Å². The van der Waals surface area contributed by atoms with Crippen LogP contribution in [0.1, 0.15) is 41.0 Å². The Bertz CT molecular complexity index is 791. The van der Waals surface area contributed by atoms with Gasteiger partial charge in [0.1, 0.15) is 11.4 Å². The summed E-state index contributed by atoms with van der Waals surface area (Å²) in [7, 11) is 0. The molecule has 0 saturated carbocycles. The van der Waals surface area contributed by atoms with Crippen molar-refractivity contribution in [1.29, 1.82) is 0 Å². The van der Waals surface area contributed by atoms with Gasteiger partial charge in [-0.05, 0) is 62.6 Å². The summed E-state index contributed by atoms with van der Waals surface area (Å²) in [4.78, 5) is 25.1. The van der Waals surface area contributed by atoms with Gasteiger partial charge < -0.3 is 4.74 Å². The van der Waals surface area contributed by atoms with Gasteiger partial charge in [-0.2, -0.15) is 0 Å². The molecular formula is C18H20FNO3. The fourth-order valence-electron chi connectivity index (χ4n) is 2.85. The van der Waals surface area contributed by atoms with E-state index in [1.165, 1.54) is 28.8 Å². The van der Waals surface area contributed by atoms with Gasteiger partial charge in [0.15, 0.2) is 0 Å². The van der Waals surface area contributed by atoms with Crippen LogP contribution in [-0.2, 0) is 11.2 Å². The Kier molecular flexibility index (Phi) is 4.98. The number of esters is 1. The highest BCUT2D eigenvalue weighted by atomic mass is 19.1. The SMILES string of the molecule is CCOC(=O)c1c(C)c(CC)c(C)n(-c2ccc(F)cc2)c1=O. The Morgan fingerprint density at radius 2 is 1.78 bits per heavy atom. The number of nitrogens with zero attached hydrogens (tertiary/aromatic N) is 1. The first-order chi connectivity index (χ1) is 10.9. The summed E-state index contributed by atoms with van der Waals surface area (Å²) in [5.74, 6) is -1.01. The van der Waals surface area contributed by atoms with Crippen LogP contribution in [-0.4, -0.2) is 17.1 Å². The van der Waals surface area contributed by atoms with Crippen LogP contribution in [0.2, 0.25) is 0 Å². The molecule has 0 amide bonds. The van der Waals surface area contributed by atoms with E-state index in [0.717, 1.165) is 11.3 Å². The Morgan fingerprint density at radius 3 is 2.30 bits per heavy atom. The number of rotatable bonds is 4. The van der Waals surface area contributed by atoms with Gasteiger partial charge >= 0.3 is 5.97 Å². The third-order valence-corrected chi connectivity index (χ3v) is 3.93. The molecule has 23 heavy (non-hydrogen) atoms. The lowest BCUT2D eigenvalue weighted by Gasteiger charge is -2.18. The molecule has 122 valence electrons. The van der Waals surface area contributed by atoms with Gasteiger partial charge in [-0.15, -0.1) is 0 Å². The average Bonchev–Trinajstić information content (AvgIpc) is 2.50. The number of hydrogen-bond acceptors (Lipinski definition) is 3. The molecule has 0 aliphatic heterocycles. The number of hydrogen-bond donors (Lipinski definition) is 0. The largest absolute Gasteiger partial charge is 0.462 e. The number of aromatic nitrogens is 1. The molecule has 1 aromatic carbocycles. The number of ether oxygens (including phenoxy) is 1. The minimum Gasteiger partial charge on any atom is -0.462 e. The van der Waals surface area contributed by atoms with Crippen molar-refractivity contribution in [3.05, 3.63) is 62.8 Å². The molecule has 0 atom stereocenters. The Balaban J connectivity index is 2.81. The second-order valence-corrected chi connectivity index (χ2v) is 5.25. The van der Waals surface area contributed by atoms with Gasteiger partial charge in [0.05, 0.1) is 6.61 Å². The summed E-state index contributed by atoms with van der Waals surface area (Å²) in [5.41, 5.74) is 2.42. The second kappa shape index (κ2) is 6.77. The van der Waals surface area contributed by atoms with Gasteiger partial charge in [0, 0.05) is 11.4 Å². The molecule has 0 spiro atoms. The van der Waals surface area contributed by atoms with E-state index in [-0.39, 0.29) is 18.0 Å². The first-order valence-electron chi connectivity index (χ1n) is 7.60. The van der Waals surface area contributed by atoms with Gasteiger partial charge in [-0.25, -0.2) is 9.18 Å². The fourth-order valence-corrected chi connectivity index (χ4v) is 2.85. The van der Waals surface area contributed by atoms with E-state index in [0.29, 0.717) is 17.7 Å². The highest BCUT2D eigenvalue weighted by Crippen LogP contribution is 2.20. The van der Waals surface area contributed by atoms with Crippen LogP contribution in [0.4, 0.5) is 4.39 Å². The van der Waals surface area contributed by atoms with Crippen molar-refractivity contribution < 1.29 is 13.9 Å². The third kappa shape index (κ3) is 3.04. The van der Waals surface area contributed by atoms with Gasteiger partial charge in [-0.1, -0.05) is 6.92 Å². The molecule has 1 aromatic heterocycles. The van der Waals surface area contributed by atoms with Gasteiger partial charge in [0.25, 0.3) is 5.56 Å². The lowest BCUT2D eigenvalue weighted by molar-refractivity contribution is 0.0523. The molecule has 1 heterocycles. The van der Waals surface area contributed by atoms with Crippen LogP contribution in [0, 0.1) is 19.7 Å². The van der Waals surface area contributed by atoms with E-state index in [1.54, 1.807) is 13.8 Å². The van der Waals surface area contributed by atoms with E-state index >= 15 is 0 Å². The molecule has 2 aromatic rings. The number of pyridine rings is 1. The van der Waals surface area contributed by atoms with Crippen molar-refractivity contribution in [2.45, 2.75) is 34.1 Å². The molecule has 4 nitrogen and oxygen atoms in total. The highest BCUT2D eigenvalue weighted by molar-refractivity contribution is 5.91. The maximum atomic E-state index is 13.2. The zero-order valence-corrected chi connectivity index (χ0v) is 13.8. The maximum absolute atomic E-state index is 13.2. The summed E-state index contributed by atoms with van der Waals surface area (Å²) in [6, 6.07) is 5.62. The normalized spacial score (nSPS) is 10.7.